The summed E-state index contributed by atoms with van der Waals surface area (Å²) >= 11 is 11.5. The van der Waals surface area contributed by atoms with Gasteiger partial charge in [0.25, 0.3) is 11.8 Å². The van der Waals surface area contributed by atoms with Gasteiger partial charge in [-0.05, 0) is 73.9 Å². The number of nitrogens with one attached hydrogen (secondary N) is 2. The third kappa shape index (κ3) is 20.1. The number of nitrogens with zero attached hydrogens (tertiary/aromatic N) is 7. The van der Waals surface area contributed by atoms with E-state index in [-0.39, 0.29) is 70.9 Å². The Morgan fingerprint density at radius 1 is 0.677 bits per heavy atom. The number of amides is 2. The number of carboxylic acid groups (broad SMARTS) is 1. The van der Waals surface area contributed by atoms with Crippen LogP contribution in [0.3, 0.4) is 0 Å². The van der Waals surface area contributed by atoms with Crippen molar-refractivity contribution in [1.82, 2.24) is 30.6 Å². The SMILES string of the molecule is C.C[N+](C)(C)CCOc1ccc(CCCCN=C(N)NC(=O)c2nc(Cl)c(N)nc2N)cc1.NC(=NCCCCc1ccc(OC[C@H](N)C(=O)O)cc1)NC(=O)c1nc(Cl)c(N)nc1N. The summed E-state index contributed by atoms with van der Waals surface area (Å²) in [5, 5.41) is 13.3. The van der Waals surface area contributed by atoms with Gasteiger partial charge < -0.3 is 59.2 Å². The Morgan fingerprint density at radius 3 is 1.46 bits per heavy atom. The highest BCUT2D eigenvalue weighted by Crippen LogP contribution is 2.19. The molecule has 0 unspecified atom stereocenters. The van der Waals surface area contributed by atoms with Crippen LogP contribution in [0.25, 0.3) is 0 Å². The number of unbranched alkanes of at least 4 members (excludes halogenated alkanes) is 2. The number of quaternary nitrogens is 1. The van der Waals surface area contributed by atoms with E-state index in [4.69, 9.17) is 77.9 Å². The molecule has 4 aromatic rings. The zero-order chi connectivity index (χ0) is 47.4. The van der Waals surface area contributed by atoms with Gasteiger partial charge in [0.05, 0.1) is 21.1 Å². The summed E-state index contributed by atoms with van der Waals surface area (Å²) in [6.07, 6.45) is 5.02. The van der Waals surface area contributed by atoms with Gasteiger partial charge in [0, 0.05) is 13.1 Å². The minimum absolute atomic E-state index is 0. The zero-order valence-corrected chi connectivity index (χ0v) is 37.4. The van der Waals surface area contributed by atoms with E-state index < -0.39 is 23.8 Å². The fourth-order valence-corrected chi connectivity index (χ4v) is 5.38. The van der Waals surface area contributed by atoms with E-state index in [9.17, 15) is 14.4 Å². The molecule has 354 valence electrons. The molecule has 22 nitrogen and oxygen atoms in total. The molecule has 1 atom stereocenters. The minimum Gasteiger partial charge on any atom is -0.491 e. The number of guanidine groups is 2. The van der Waals surface area contributed by atoms with Crippen LogP contribution in [0, 0.1) is 0 Å². The highest BCUT2D eigenvalue weighted by Gasteiger charge is 2.18. The maximum atomic E-state index is 12.2. The number of carbonyl (C=O) groups excluding carboxylic acids is 2. The number of likely N-dealkylation sites (N-methyl/N-ethyl adjacent to an activating group) is 1. The Balaban J connectivity index is 0.000000440. The molecule has 0 aliphatic carbocycles. The summed E-state index contributed by atoms with van der Waals surface area (Å²) in [6.45, 7) is 2.41. The molecule has 2 aromatic heterocycles. The number of aromatic nitrogens is 4. The Morgan fingerprint density at radius 2 is 1.08 bits per heavy atom. The monoisotopic (exact) mass is 943 g/mol. The van der Waals surface area contributed by atoms with E-state index in [1.54, 1.807) is 12.1 Å². The van der Waals surface area contributed by atoms with Crippen LogP contribution in [-0.2, 0) is 17.6 Å². The van der Waals surface area contributed by atoms with Crippen molar-refractivity contribution in [2.75, 3.05) is 76.9 Å². The first-order valence-electron chi connectivity index (χ1n) is 19.8. The first kappa shape index (κ1) is 54.4. The summed E-state index contributed by atoms with van der Waals surface area (Å²) < 4.78 is 12.0. The molecule has 0 radical (unpaired) electrons. The standard InChI is InChI=1S/C21H31ClN8O2.C19H25ClN8O4.CH4/c1-30(2,3)12-13-32-15-9-7-14(8-10-15)6-4-5-11-26-21(25)29-20(31)16-18(23)28-19(24)17(22)27-16;20-14-16(23)27-15(22)13(26-14)17(29)28-19(24)25-8-2-1-3-10-4-6-11(7-5-10)32-9-12(21)18(30)31;/h7-10H,4-6,11-13H2,1-3H3,(H6-,23,24,25,26,28,29,31);4-7,12H,1-3,8-9,21H2,(H,30,31)(H4,22,23,27)(H3,24,25,28,29);1H4/p+1/t;12-;/m.0./s1. The van der Waals surface area contributed by atoms with Crippen LogP contribution in [0.2, 0.25) is 10.3 Å². The third-order valence-electron chi connectivity index (χ3n) is 8.66. The Kier molecular flexibility index (Phi) is 22.4. The maximum Gasteiger partial charge on any atom is 0.324 e. The highest BCUT2D eigenvalue weighted by atomic mass is 35.5. The van der Waals surface area contributed by atoms with Crippen molar-refractivity contribution >= 4 is 76.2 Å². The molecule has 17 N–H and O–H groups in total. The van der Waals surface area contributed by atoms with Gasteiger partial charge in [0.15, 0.2) is 56.9 Å². The first-order chi connectivity index (χ1) is 30.2. The lowest BCUT2D eigenvalue weighted by Crippen LogP contribution is -2.38. The number of ether oxygens (including phenoxy) is 2. The van der Waals surface area contributed by atoms with Gasteiger partial charge in [-0.2, -0.15) is 0 Å². The summed E-state index contributed by atoms with van der Waals surface area (Å²) in [7, 11) is 6.41. The van der Waals surface area contributed by atoms with Crippen LogP contribution in [0.4, 0.5) is 23.3 Å². The highest BCUT2D eigenvalue weighted by molar-refractivity contribution is 6.32. The van der Waals surface area contributed by atoms with Gasteiger partial charge in [-0.25, -0.2) is 19.9 Å². The zero-order valence-electron chi connectivity index (χ0n) is 35.9. The van der Waals surface area contributed by atoms with E-state index in [2.05, 4.69) is 73.8 Å². The van der Waals surface area contributed by atoms with Crippen LogP contribution >= 0.6 is 23.2 Å². The molecular formula is C41H61Cl2N16O6+. The number of aliphatic imine (C=N–C) groups is 2. The van der Waals surface area contributed by atoms with Crippen LogP contribution in [-0.4, -0.2) is 119 Å². The molecular weight excluding hydrogens is 883 g/mol. The predicted molar refractivity (Wildman–Crippen MR) is 255 cm³/mol. The Labute approximate surface area is 388 Å². The molecule has 0 aliphatic heterocycles. The average molecular weight is 945 g/mol. The molecule has 0 spiro atoms. The molecule has 4 rings (SSSR count). The van der Waals surface area contributed by atoms with Crippen LogP contribution < -0.4 is 60.2 Å². The fourth-order valence-electron chi connectivity index (χ4n) is 5.13. The Bertz CT molecular complexity index is 2240. The van der Waals surface area contributed by atoms with E-state index in [0.717, 1.165) is 60.9 Å². The molecule has 65 heavy (non-hydrogen) atoms. The topological polar surface area (TPSA) is 372 Å². The number of aryl methyl sites for hydroxylation is 2. The number of halogens is 2. The normalized spacial score (nSPS) is 11.9. The van der Waals surface area contributed by atoms with E-state index in [1.807, 2.05) is 24.3 Å². The van der Waals surface area contributed by atoms with Gasteiger partial charge in [0.2, 0.25) is 0 Å². The number of carboxylic acids is 1. The molecule has 0 aliphatic rings. The molecule has 24 heteroatoms. The van der Waals surface area contributed by atoms with Crippen molar-refractivity contribution in [3.8, 4) is 11.5 Å². The van der Waals surface area contributed by atoms with Gasteiger partial charge >= 0.3 is 5.97 Å². The van der Waals surface area contributed by atoms with E-state index in [0.29, 0.717) is 25.4 Å². The minimum atomic E-state index is -1.11. The predicted octanol–water partition coefficient (Wildman–Crippen LogP) is 2.24. The average Bonchev–Trinajstić information content (AvgIpc) is 3.23. The number of rotatable bonds is 20. The third-order valence-corrected chi connectivity index (χ3v) is 9.22. The van der Waals surface area contributed by atoms with Crippen molar-refractivity contribution in [1.29, 1.82) is 0 Å². The summed E-state index contributed by atoms with van der Waals surface area (Å²) in [5.41, 5.74) is 41.1. The van der Waals surface area contributed by atoms with E-state index in [1.165, 1.54) is 5.56 Å². The number of aliphatic carboxylic acids is 1. The first-order valence-corrected chi connectivity index (χ1v) is 20.6. The maximum absolute atomic E-state index is 12.2. The summed E-state index contributed by atoms with van der Waals surface area (Å²) in [6, 6.07) is 14.4. The molecule has 0 fully saturated rings. The van der Waals surface area contributed by atoms with Crippen LogP contribution in [0.15, 0.2) is 58.5 Å². The van der Waals surface area contributed by atoms with Crippen LogP contribution in [0.5, 0.6) is 11.5 Å². The van der Waals surface area contributed by atoms with E-state index >= 15 is 0 Å². The summed E-state index contributed by atoms with van der Waals surface area (Å²) in [5.74, 6) is -1.57. The van der Waals surface area contributed by atoms with Crippen molar-refractivity contribution in [2.24, 2.45) is 27.2 Å². The lowest BCUT2D eigenvalue weighted by molar-refractivity contribution is -0.870. The fraction of sp³-hybridized carbons (Fsp3) is 0.390. The number of carbonyl (C=O) groups is 3. The summed E-state index contributed by atoms with van der Waals surface area (Å²) in [4.78, 5) is 58.4. The van der Waals surface area contributed by atoms with Crippen molar-refractivity contribution in [3.05, 3.63) is 81.4 Å². The quantitative estimate of drug-likeness (QED) is 0.0263. The number of anilines is 4. The lowest BCUT2D eigenvalue weighted by Gasteiger charge is -2.23. The van der Waals surface area contributed by atoms with Gasteiger partial charge in [-0.1, -0.05) is 54.9 Å². The lowest BCUT2D eigenvalue weighted by atomic mass is 10.1. The van der Waals surface area contributed by atoms with Crippen molar-refractivity contribution in [3.63, 3.8) is 0 Å². The largest absolute Gasteiger partial charge is 0.491 e. The number of nitrogen functional groups attached to an aromatic ring is 4. The number of hydrogen-bond donors (Lipinski definition) is 10. The second kappa shape index (κ2) is 26.8. The Hall–Kier alpha value is -6.75. The molecule has 0 saturated carbocycles. The van der Waals surface area contributed by atoms with Gasteiger partial charge in [0.1, 0.15) is 37.3 Å². The molecule has 0 saturated heterocycles. The van der Waals surface area contributed by atoms with Crippen molar-refractivity contribution in [2.45, 2.75) is 52.0 Å². The smallest absolute Gasteiger partial charge is 0.324 e. The number of nitrogens with two attached hydrogens (primary N) is 7. The molecule has 2 amide bonds. The second-order valence-electron chi connectivity index (χ2n) is 15.0. The molecule has 0 bridgehead atoms. The molecule has 2 heterocycles. The van der Waals surface area contributed by atoms with Gasteiger partial charge in [-0.3, -0.25) is 35.0 Å². The second-order valence-corrected chi connectivity index (χ2v) is 15.7. The van der Waals surface area contributed by atoms with Crippen molar-refractivity contribution < 1.29 is 33.4 Å². The number of hydrogen-bond acceptors (Lipinski definition) is 16. The number of benzene rings is 2. The molecule has 2 aromatic carbocycles. The van der Waals surface area contributed by atoms with Gasteiger partial charge in [-0.15, -0.1) is 0 Å². The van der Waals surface area contributed by atoms with Crippen LogP contribution in [0.1, 0.15) is 65.2 Å².